The highest BCUT2D eigenvalue weighted by Crippen LogP contribution is 2.21. The maximum Gasteiger partial charge on any atom is 0.261 e. The molecular weight excluding hydrogens is 254 g/mol. The number of fused-ring (bicyclic) bond motifs is 1. The molecule has 0 aliphatic carbocycles. The molecule has 0 aromatic heterocycles. The van der Waals surface area contributed by atoms with Gasteiger partial charge in [0.15, 0.2) is 0 Å². The molecule has 1 aromatic rings. The second kappa shape index (κ2) is 5.73. The standard InChI is InChI=1S/C15H19N3O2/c19-14-12-6-2-3-7-13(12)15(20)18(14)11-8-16-17-9-4-1-5-10-17/h2-3,6-7,16H,1,4-5,8-11H2. The van der Waals surface area contributed by atoms with Gasteiger partial charge in [0.1, 0.15) is 0 Å². The number of nitrogens with one attached hydrogen (secondary N) is 1. The molecule has 0 bridgehead atoms. The van der Waals surface area contributed by atoms with Crippen LogP contribution in [0.25, 0.3) is 0 Å². The summed E-state index contributed by atoms with van der Waals surface area (Å²) < 4.78 is 0. The van der Waals surface area contributed by atoms with Crippen LogP contribution in [0.5, 0.6) is 0 Å². The number of hydrogen-bond acceptors (Lipinski definition) is 4. The van der Waals surface area contributed by atoms with Crippen LogP contribution in [0.15, 0.2) is 24.3 Å². The Morgan fingerprint density at radius 1 is 0.950 bits per heavy atom. The molecule has 0 radical (unpaired) electrons. The van der Waals surface area contributed by atoms with Gasteiger partial charge in [-0.3, -0.25) is 19.9 Å². The summed E-state index contributed by atoms with van der Waals surface area (Å²) in [6, 6.07) is 7.01. The summed E-state index contributed by atoms with van der Waals surface area (Å²) in [7, 11) is 0. The third kappa shape index (κ3) is 2.46. The van der Waals surface area contributed by atoms with E-state index in [2.05, 4.69) is 10.4 Å². The molecular formula is C15H19N3O2. The fourth-order valence-electron chi connectivity index (χ4n) is 2.81. The molecule has 0 saturated carbocycles. The molecule has 2 amide bonds. The zero-order valence-electron chi connectivity index (χ0n) is 11.5. The van der Waals surface area contributed by atoms with Crippen molar-refractivity contribution in [3.63, 3.8) is 0 Å². The van der Waals surface area contributed by atoms with E-state index in [0.717, 1.165) is 13.1 Å². The van der Waals surface area contributed by atoms with Crippen molar-refractivity contribution in [1.29, 1.82) is 0 Å². The number of carbonyl (C=O) groups excluding carboxylic acids is 2. The number of piperidine rings is 1. The second-order valence-electron chi connectivity index (χ2n) is 5.26. The Morgan fingerprint density at radius 3 is 2.15 bits per heavy atom. The van der Waals surface area contributed by atoms with E-state index in [-0.39, 0.29) is 11.8 Å². The zero-order valence-corrected chi connectivity index (χ0v) is 11.5. The van der Waals surface area contributed by atoms with Crippen LogP contribution in [0, 0.1) is 0 Å². The van der Waals surface area contributed by atoms with Crippen molar-refractivity contribution in [3.05, 3.63) is 35.4 Å². The third-order valence-corrected chi connectivity index (χ3v) is 3.91. The lowest BCUT2D eigenvalue weighted by Crippen LogP contribution is -2.45. The van der Waals surface area contributed by atoms with Crippen LogP contribution in [-0.4, -0.2) is 47.9 Å². The van der Waals surface area contributed by atoms with Gasteiger partial charge in [-0.05, 0) is 25.0 Å². The van der Waals surface area contributed by atoms with E-state index in [4.69, 9.17) is 0 Å². The van der Waals surface area contributed by atoms with Crippen LogP contribution in [0.1, 0.15) is 40.0 Å². The van der Waals surface area contributed by atoms with Gasteiger partial charge in [-0.2, -0.15) is 0 Å². The molecule has 2 aliphatic rings. The van der Waals surface area contributed by atoms with Crippen LogP contribution >= 0.6 is 0 Å². The second-order valence-corrected chi connectivity index (χ2v) is 5.26. The minimum atomic E-state index is -0.175. The quantitative estimate of drug-likeness (QED) is 0.840. The van der Waals surface area contributed by atoms with Gasteiger partial charge in [0.25, 0.3) is 11.8 Å². The molecule has 2 heterocycles. The lowest BCUT2D eigenvalue weighted by Gasteiger charge is -2.27. The largest absolute Gasteiger partial charge is 0.273 e. The van der Waals surface area contributed by atoms with E-state index in [1.807, 2.05) is 0 Å². The first-order chi connectivity index (χ1) is 9.77. The van der Waals surface area contributed by atoms with Crippen molar-refractivity contribution in [3.8, 4) is 0 Å². The predicted molar refractivity (Wildman–Crippen MR) is 75.2 cm³/mol. The summed E-state index contributed by atoms with van der Waals surface area (Å²) >= 11 is 0. The highest BCUT2D eigenvalue weighted by Gasteiger charge is 2.34. The fraction of sp³-hybridized carbons (Fsp3) is 0.467. The third-order valence-electron chi connectivity index (χ3n) is 3.91. The Balaban J connectivity index is 1.56. The topological polar surface area (TPSA) is 52.7 Å². The van der Waals surface area contributed by atoms with Gasteiger partial charge < -0.3 is 0 Å². The van der Waals surface area contributed by atoms with Crippen LogP contribution < -0.4 is 5.43 Å². The van der Waals surface area contributed by atoms with Crippen molar-refractivity contribution < 1.29 is 9.59 Å². The van der Waals surface area contributed by atoms with E-state index in [1.165, 1.54) is 24.2 Å². The lowest BCUT2D eigenvalue weighted by molar-refractivity contribution is 0.0636. The predicted octanol–water partition coefficient (Wildman–Crippen LogP) is 1.27. The molecule has 1 N–H and O–H groups in total. The number of hydrogen-bond donors (Lipinski definition) is 1. The van der Waals surface area contributed by atoms with Crippen LogP contribution in [0.4, 0.5) is 0 Å². The minimum Gasteiger partial charge on any atom is -0.273 e. The minimum absolute atomic E-state index is 0.175. The molecule has 20 heavy (non-hydrogen) atoms. The van der Waals surface area contributed by atoms with Crippen molar-refractivity contribution in [1.82, 2.24) is 15.3 Å². The molecule has 3 rings (SSSR count). The molecule has 5 heteroatoms. The Labute approximate surface area is 118 Å². The molecule has 0 spiro atoms. The van der Waals surface area contributed by atoms with Gasteiger partial charge in [-0.15, -0.1) is 0 Å². The molecule has 1 fully saturated rings. The summed E-state index contributed by atoms with van der Waals surface area (Å²) in [4.78, 5) is 25.6. The number of amides is 2. The summed E-state index contributed by atoms with van der Waals surface area (Å²) in [6.45, 7) is 3.12. The number of nitrogens with zero attached hydrogens (tertiary/aromatic N) is 2. The first-order valence-electron chi connectivity index (χ1n) is 7.21. The number of carbonyl (C=O) groups is 2. The highest BCUT2D eigenvalue weighted by molar-refractivity contribution is 6.21. The Morgan fingerprint density at radius 2 is 1.55 bits per heavy atom. The first-order valence-corrected chi connectivity index (χ1v) is 7.21. The average Bonchev–Trinajstić information content (AvgIpc) is 2.74. The Hall–Kier alpha value is -1.72. The van der Waals surface area contributed by atoms with Gasteiger partial charge in [-0.25, -0.2) is 5.01 Å². The summed E-state index contributed by atoms with van der Waals surface area (Å²) in [5.74, 6) is -0.350. The maximum absolute atomic E-state index is 12.2. The van der Waals surface area contributed by atoms with Crippen molar-refractivity contribution in [2.24, 2.45) is 0 Å². The molecule has 5 nitrogen and oxygen atoms in total. The number of imide groups is 1. The van der Waals surface area contributed by atoms with E-state index in [9.17, 15) is 9.59 Å². The van der Waals surface area contributed by atoms with Gasteiger partial charge >= 0.3 is 0 Å². The first kappa shape index (κ1) is 13.3. The van der Waals surface area contributed by atoms with Crippen molar-refractivity contribution in [2.45, 2.75) is 19.3 Å². The Bertz CT molecular complexity index is 489. The smallest absolute Gasteiger partial charge is 0.261 e. The average molecular weight is 273 g/mol. The van der Waals surface area contributed by atoms with Crippen molar-refractivity contribution in [2.75, 3.05) is 26.2 Å². The molecule has 1 aromatic carbocycles. The van der Waals surface area contributed by atoms with E-state index < -0.39 is 0 Å². The molecule has 0 atom stereocenters. The van der Waals surface area contributed by atoms with E-state index in [0.29, 0.717) is 24.2 Å². The SMILES string of the molecule is O=C1c2ccccc2C(=O)N1CCNN1CCCCC1. The number of benzene rings is 1. The molecule has 1 saturated heterocycles. The summed E-state index contributed by atoms with van der Waals surface area (Å²) in [5, 5.41) is 2.18. The van der Waals surface area contributed by atoms with Gasteiger partial charge in [-0.1, -0.05) is 18.6 Å². The van der Waals surface area contributed by atoms with E-state index in [1.54, 1.807) is 24.3 Å². The van der Waals surface area contributed by atoms with Crippen LogP contribution in [-0.2, 0) is 0 Å². The molecule has 0 unspecified atom stereocenters. The fourth-order valence-corrected chi connectivity index (χ4v) is 2.81. The van der Waals surface area contributed by atoms with Gasteiger partial charge in [0.05, 0.1) is 11.1 Å². The monoisotopic (exact) mass is 273 g/mol. The highest BCUT2D eigenvalue weighted by atomic mass is 16.2. The van der Waals surface area contributed by atoms with E-state index >= 15 is 0 Å². The normalized spacial score (nSPS) is 19.5. The van der Waals surface area contributed by atoms with Crippen LogP contribution in [0.2, 0.25) is 0 Å². The summed E-state index contributed by atoms with van der Waals surface area (Å²) in [5.41, 5.74) is 4.35. The van der Waals surface area contributed by atoms with Gasteiger partial charge in [0, 0.05) is 26.2 Å². The zero-order chi connectivity index (χ0) is 13.9. The Kier molecular flexibility index (Phi) is 3.80. The molecule has 2 aliphatic heterocycles. The van der Waals surface area contributed by atoms with Crippen molar-refractivity contribution >= 4 is 11.8 Å². The number of hydrazine groups is 1. The maximum atomic E-state index is 12.2. The van der Waals surface area contributed by atoms with Gasteiger partial charge in [0.2, 0.25) is 0 Å². The number of rotatable bonds is 4. The summed E-state index contributed by atoms with van der Waals surface area (Å²) in [6.07, 6.45) is 3.70. The molecule has 106 valence electrons. The van der Waals surface area contributed by atoms with Crippen LogP contribution in [0.3, 0.4) is 0 Å². The lowest BCUT2D eigenvalue weighted by atomic mass is 10.1.